The molecule has 4 heteroatoms. The Morgan fingerprint density at radius 1 is 1.00 bits per heavy atom. The van der Waals surface area contributed by atoms with Crippen LogP contribution in [0.25, 0.3) is 0 Å². The predicted octanol–water partition coefficient (Wildman–Crippen LogP) is 4.41. The Morgan fingerprint density at radius 2 is 1.65 bits per heavy atom. The van der Waals surface area contributed by atoms with Gasteiger partial charge in [-0.05, 0) is 62.4 Å². The van der Waals surface area contributed by atoms with Gasteiger partial charge in [0.05, 0.1) is 19.8 Å². The van der Waals surface area contributed by atoms with E-state index < -0.39 is 8.32 Å². The van der Waals surface area contributed by atoms with E-state index in [1.54, 1.807) is 0 Å². The first-order valence-electron chi connectivity index (χ1n) is 8.96. The predicted molar refractivity (Wildman–Crippen MR) is 97.3 cm³/mol. The van der Waals surface area contributed by atoms with Crippen LogP contribution in [0.1, 0.15) is 30.9 Å². The fraction of sp³-hybridized carbons (Fsp3) is 0.684. The molecule has 130 valence electrons. The second-order valence-electron chi connectivity index (χ2n) is 7.08. The molecule has 1 fully saturated rings. The maximum absolute atomic E-state index is 5.89. The van der Waals surface area contributed by atoms with Crippen molar-refractivity contribution >= 4 is 8.32 Å². The summed E-state index contributed by atoms with van der Waals surface area (Å²) >= 11 is 0. The average Bonchev–Trinajstić information content (AvgIpc) is 3.34. The number of hydrogen-bond acceptors (Lipinski definition) is 3. The summed E-state index contributed by atoms with van der Waals surface area (Å²) in [4.78, 5) is 0. The Morgan fingerprint density at radius 3 is 2.30 bits per heavy atom. The molecule has 0 aromatic heterocycles. The second kappa shape index (κ2) is 9.57. The Hall–Kier alpha value is -0.683. The third-order valence-corrected chi connectivity index (χ3v) is 6.79. The highest BCUT2D eigenvalue weighted by Gasteiger charge is 2.21. The molecule has 23 heavy (non-hydrogen) atoms. The minimum Gasteiger partial charge on any atom is -0.418 e. The van der Waals surface area contributed by atoms with Crippen LogP contribution in [0.15, 0.2) is 24.3 Å². The van der Waals surface area contributed by atoms with Crippen molar-refractivity contribution in [2.45, 2.75) is 51.9 Å². The van der Waals surface area contributed by atoms with Crippen LogP contribution in [0, 0.1) is 5.92 Å². The second-order valence-corrected chi connectivity index (χ2v) is 11.4. The number of ether oxygens (including phenoxy) is 2. The Balaban J connectivity index is 1.59. The van der Waals surface area contributed by atoms with E-state index >= 15 is 0 Å². The molecular formula is C19H32O3Si. The first-order chi connectivity index (χ1) is 11.1. The summed E-state index contributed by atoms with van der Waals surface area (Å²) in [6, 6.07) is 9.97. The third-order valence-electron chi connectivity index (χ3n) is 4.26. The van der Waals surface area contributed by atoms with Gasteiger partial charge in [0.1, 0.15) is 0 Å². The van der Waals surface area contributed by atoms with Gasteiger partial charge in [-0.25, -0.2) is 0 Å². The minimum absolute atomic E-state index is 0.673. The molecule has 2 rings (SSSR count). The Kier molecular flexibility index (Phi) is 7.76. The van der Waals surface area contributed by atoms with Gasteiger partial charge < -0.3 is 13.9 Å². The zero-order valence-corrected chi connectivity index (χ0v) is 16.0. The standard InChI is InChI=1S/C19H32O3Si/c1-4-22-23(2,3)14-11-17-5-7-18(8-6-17)15-20-12-13-21-16-19-9-10-19/h5-8,19H,4,9-16H2,1-3H3. The molecule has 1 aromatic carbocycles. The van der Waals surface area contributed by atoms with Gasteiger partial charge in [0.25, 0.3) is 0 Å². The van der Waals surface area contributed by atoms with Crippen molar-refractivity contribution in [2.24, 2.45) is 5.92 Å². The van der Waals surface area contributed by atoms with E-state index in [2.05, 4.69) is 44.3 Å². The summed E-state index contributed by atoms with van der Waals surface area (Å²) in [6.07, 6.45) is 3.80. The summed E-state index contributed by atoms with van der Waals surface area (Å²) in [7, 11) is -1.48. The summed E-state index contributed by atoms with van der Waals surface area (Å²) in [6.45, 7) is 10.5. The van der Waals surface area contributed by atoms with Crippen molar-refractivity contribution in [3.8, 4) is 0 Å². The third kappa shape index (κ3) is 8.11. The van der Waals surface area contributed by atoms with Crippen LogP contribution < -0.4 is 0 Å². The van der Waals surface area contributed by atoms with Gasteiger partial charge in [-0.1, -0.05) is 24.3 Å². The molecule has 0 amide bonds. The van der Waals surface area contributed by atoms with E-state index in [0.29, 0.717) is 19.8 Å². The highest BCUT2D eigenvalue weighted by atomic mass is 28.4. The van der Waals surface area contributed by atoms with E-state index in [1.165, 1.54) is 30.0 Å². The van der Waals surface area contributed by atoms with Gasteiger partial charge in [-0.2, -0.15) is 0 Å². The van der Waals surface area contributed by atoms with Gasteiger partial charge in [0, 0.05) is 13.2 Å². The zero-order valence-electron chi connectivity index (χ0n) is 15.0. The molecule has 1 aromatic rings. The number of hydrogen-bond donors (Lipinski definition) is 0. The van der Waals surface area contributed by atoms with Crippen molar-refractivity contribution in [2.75, 3.05) is 26.4 Å². The number of benzene rings is 1. The van der Waals surface area contributed by atoms with Crippen LogP contribution in [-0.2, 0) is 26.9 Å². The zero-order chi connectivity index (χ0) is 16.5. The van der Waals surface area contributed by atoms with Crippen LogP contribution in [-0.4, -0.2) is 34.7 Å². The molecule has 0 spiro atoms. The quantitative estimate of drug-likeness (QED) is 0.418. The highest BCUT2D eigenvalue weighted by Crippen LogP contribution is 2.28. The summed E-state index contributed by atoms with van der Waals surface area (Å²) in [5.41, 5.74) is 2.62. The van der Waals surface area contributed by atoms with Crippen molar-refractivity contribution in [3.05, 3.63) is 35.4 Å². The van der Waals surface area contributed by atoms with Crippen LogP contribution in [0.4, 0.5) is 0 Å². The summed E-state index contributed by atoms with van der Waals surface area (Å²) in [5, 5.41) is 0. The molecular weight excluding hydrogens is 304 g/mol. The maximum atomic E-state index is 5.89. The van der Waals surface area contributed by atoms with Crippen molar-refractivity contribution in [1.29, 1.82) is 0 Å². The molecule has 0 saturated heterocycles. The van der Waals surface area contributed by atoms with E-state index in [0.717, 1.165) is 25.6 Å². The lowest BCUT2D eigenvalue weighted by Gasteiger charge is -2.21. The van der Waals surface area contributed by atoms with E-state index in [4.69, 9.17) is 13.9 Å². The summed E-state index contributed by atoms with van der Waals surface area (Å²) < 4.78 is 17.1. The van der Waals surface area contributed by atoms with Crippen LogP contribution in [0.2, 0.25) is 19.1 Å². The molecule has 0 bridgehead atoms. The molecule has 1 aliphatic rings. The summed E-state index contributed by atoms with van der Waals surface area (Å²) in [5.74, 6) is 0.832. The normalized spacial score (nSPS) is 15.1. The minimum atomic E-state index is -1.48. The van der Waals surface area contributed by atoms with Crippen molar-refractivity contribution < 1.29 is 13.9 Å². The smallest absolute Gasteiger partial charge is 0.187 e. The van der Waals surface area contributed by atoms with Gasteiger partial charge >= 0.3 is 0 Å². The van der Waals surface area contributed by atoms with Crippen molar-refractivity contribution in [3.63, 3.8) is 0 Å². The number of aryl methyl sites for hydroxylation is 1. The molecule has 1 saturated carbocycles. The highest BCUT2D eigenvalue weighted by molar-refractivity contribution is 6.71. The van der Waals surface area contributed by atoms with Crippen LogP contribution >= 0.6 is 0 Å². The Bertz CT molecular complexity index is 440. The molecule has 0 aliphatic heterocycles. The molecule has 0 N–H and O–H groups in total. The molecule has 0 unspecified atom stereocenters. The van der Waals surface area contributed by atoms with Crippen LogP contribution in [0.5, 0.6) is 0 Å². The Labute approximate surface area is 142 Å². The maximum Gasteiger partial charge on any atom is 0.187 e. The van der Waals surface area contributed by atoms with E-state index in [-0.39, 0.29) is 0 Å². The fourth-order valence-electron chi connectivity index (χ4n) is 2.55. The molecule has 0 atom stereocenters. The van der Waals surface area contributed by atoms with Crippen LogP contribution in [0.3, 0.4) is 0 Å². The lowest BCUT2D eigenvalue weighted by Crippen LogP contribution is -2.30. The monoisotopic (exact) mass is 336 g/mol. The van der Waals surface area contributed by atoms with E-state index in [9.17, 15) is 0 Å². The van der Waals surface area contributed by atoms with Gasteiger partial charge in [-0.15, -0.1) is 0 Å². The number of rotatable bonds is 12. The van der Waals surface area contributed by atoms with Crippen molar-refractivity contribution in [1.82, 2.24) is 0 Å². The SMILES string of the molecule is CCO[Si](C)(C)CCc1ccc(COCCOCC2CC2)cc1. The van der Waals surface area contributed by atoms with Gasteiger partial charge in [0.15, 0.2) is 8.32 Å². The largest absolute Gasteiger partial charge is 0.418 e. The average molecular weight is 337 g/mol. The lowest BCUT2D eigenvalue weighted by molar-refractivity contribution is 0.0369. The molecule has 1 aliphatic carbocycles. The first kappa shape index (κ1) is 18.7. The topological polar surface area (TPSA) is 27.7 Å². The fourth-order valence-corrected chi connectivity index (χ4v) is 4.37. The van der Waals surface area contributed by atoms with Gasteiger partial charge in [0.2, 0.25) is 0 Å². The molecule has 3 nitrogen and oxygen atoms in total. The molecule has 0 heterocycles. The molecule has 0 radical (unpaired) electrons. The van der Waals surface area contributed by atoms with Gasteiger partial charge in [-0.3, -0.25) is 0 Å². The van der Waals surface area contributed by atoms with E-state index in [1.807, 2.05) is 0 Å². The first-order valence-corrected chi connectivity index (χ1v) is 12.1. The lowest BCUT2D eigenvalue weighted by atomic mass is 10.1.